The number of nitrogens with one attached hydrogen (secondary N) is 1. The number of carbonyl (C=O) groups excluding carboxylic acids is 1. The first-order valence-corrected chi connectivity index (χ1v) is 10.3. The predicted molar refractivity (Wildman–Crippen MR) is 95.4 cm³/mol. The first-order chi connectivity index (χ1) is 13.3. The number of halogens is 2. The SMILES string of the molecule is COc1ccc(S(=O)(=O)N2CCOCC2)cc1C(=O)Nc1nnc(C(F)F)s1. The molecule has 1 N–H and O–H groups in total. The van der Waals surface area contributed by atoms with Gasteiger partial charge >= 0.3 is 0 Å². The summed E-state index contributed by atoms with van der Waals surface area (Å²) in [6.07, 6.45) is -2.81. The third kappa shape index (κ3) is 4.27. The van der Waals surface area contributed by atoms with Crippen LogP contribution in [0.2, 0.25) is 0 Å². The molecular weight excluding hydrogens is 418 g/mol. The maximum atomic E-state index is 12.8. The van der Waals surface area contributed by atoms with Crippen molar-refractivity contribution in [1.82, 2.24) is 14.5 Å². The lowest BCUT2D eigenvalue weighted by atomic mass is 10.2. The van der Waals surface area contributed by atoms with Gasteiger partial charge in [-0.15, -0.1) is 10.2 Å². The number of hydrogen-bond acceptors (Lipinski definition) is 8. The number of carbonyl (C=O) groups is 1. The Morgan fingerprint density at radius 2 is 2.04 bits per heavy atom. The van der Waals surface area contributed by atoms with Crippen molar-refractivity contribution in [3.05, 3.63) is 28.8 Å². The van der Waals surface area contributed by atoms with Crippen LogP contribution in [-0.4, -0.2) is 62.2 Å². The monoisotopic (exact) mass is 434 g/mol. The third-order valence-electron chi connectivity index (χ3n) is 3.87. The smallest absolute Gasteiger partial charge is 0.291 e. The zero-order valence-corrected chi connectivity index (χ0v) is 16.2. The van der Waals surface area contributed by atoms with E-state index in [4.69, 9.17) is 9.47 Å². The van der Waals surface area contributed by atoms with Crippen LogP contribution in [0.3, 0.4) is 0 Å². The van der Waals surface area contributed by atoms with Gasteiger partial charge in [-0.2, -0.15) is 4.31 Å². The van der Waals surface area contributed by atoms with Crippen LogP contribution < -0.4 is 10.1 Å². The van der Waals surface area contributed by atoms with Gasteiger partial charge in [-0.3, -0.25) is 10.1 Å². The Morgan fingerprint density at radius 3 is 2.64 bits per heavy atom. The minimum atomic E-state index is -3.83. The Kier molecular flexibility index (Phi) is 6.17. The molecule has 13 heteroatoms. The van der Waals surface area contributed by atoms with Gasteiger partial charge in [-0.25, -0.2) is 17.2 Å². The number of aromatic nitrogens is 2. The molecule has 1 fully saturated rings. The van der Waals surface area contributed by atoms with E-state index in [1.807, 2.05) is 0 Å². The van der Waals surface area contributed by atoms with E-state index in [0.29, 0.717) is 11.3 Å². The summed E-state index contributed by atoms with van der Waals surface area (Å²) in [5, 5.41) is 8.42. The first-order valence-electron chi connectivity index (χ1n) is 8.01. The number of hydrogen-bond donors (Lipinski definition) is 1. The van der Waals surface area contributed by atoms with Crippen molar-refractivity contribution in [3.8, 4) is 5.75 Å². The zero-order valence-electron chi connectivity index (χ0n) is 14.6. The molecule has 0 unspecified atom stereocenters. The molecule has 1 amide bonds. The molecule has 0 bridgehead atoms. The minimum absolute atomic E-state index is 0.0781. The first kappa shape index (κ1) is 20.5. The van der Waals surface area contributed by atoms with E-state index < -0.39 is 27.4 Å². The highest BCUT2D eigenvalue weighted by Crippen LogP contribution is 2.28. The van der Waals surface area contributed by atoms with Crippen LogP contribution in [0.5, 0.6) is 5.75 Å². The molecular formula is C15H16F2N4O5S2. The molecule has 1 saturated heterocycles. The largest absolute Gasteiger partial charge is 0.496 e. The second kappa shape index (κ2) is 8.43. The van der Waals surface area contributed by atoms with E-state index in [2.05, 4.69) is 15.5 Å². The molecule has 2 heterocycles. The Morgan fingerprint density at radius 1 is 1.32 bits per heavy atom. The predicted octanol–water partition coefficient (Wildman–Crippen LogP) is 1.76. The van der Waals surface area contributed by atoms with Gasteiger partial charge in [0.25, 0.3) is 12.3 Å². The van der Waals surface area contributed by atoms with Crippen LogP contribution in [0, 0.1) is 0 Å². The molecule has 1 aliphatic heterocycles. The summed E-state index contributed by atoms with van der Waals surface area (Å²) in [7, 11) is -2.51. The van der Waals surface area contributed by atoms with Crippen molar-refractivity contribution in [2.24, 2.45) is 0 Å². The summed E-state index contributed by atoms with van der Waals surface area (Å²) >= 11 is 0.525. The summed E-state index contributed by atoms with van der Waals surface area (Å²) in [6.45, 7) is 0.979. The number of ether oxygens (including phenoxy) is 2. The lowest BCUT2D eigenvalue weighted by molar-refractivity contribution is 0.0730. The van der Waals surface area contributed by atoms with E-state index in [-0.39, 0.29) is 47.6 Å². The molecule has 152 valence electrons. The molecule has 1 aromatic carbocycles. The van der Waals surface area contributed by atoms with Gasteiger partial charge in [0.05, 0.1) is 30.8 Å². The standard InChI is InChI=1S/C15H16F2N4O5S2/c1-25-11-3-2-9(28(23,24)21-4-6-26-7-5-21)8-10(11)13(22)18-15-20-19-14(27-15)12(16)17/h2-3,8,12H,4-7H2,1H3,(H,18,20,22). The quantitative estimate of drug-likeness (QED) is 0.737. The third-order valence-corrected chi connectivity index (χ3v) is 6.61. The number of alkyl halides is 2. The number of anilines is 1. The fourth-order valence-electron chi connectivity index (χ4n) is 2.50. The maximum absolute atomic E-state index is 12.8. The summed E-state index contributed by atoms with van der Waals surface area (Å²) < 4.78 is 62.4. The molecule has 28 heavy (non-hydrogen) atoms. The normalized spacial score (nSPS) is 15.6. The maximum Gasteiger partial charge on any atom is 0.291 e. The number of amides is 1. The van der Waals surface area contributed by atoms with Crippen LogP contribution in [-0.2, 0) is 14.8 Å². The fraction of sp³-hybridized carbons (Fsp3) is 0.400. The number of sulfonamides is 1. The topological polar surface area (TPSA) is 111 Å². The summed E-state index contributed by atoms with van der Waals surface area (Å²) in [5.41, 5.74) is -0.0781. The summed E-state index contributed by atoms with van der Waals surface area (Å²) in [5.74, 6) is -0.634. The molecule has 0 aliphatic carbocycles. The Labute approximate surface area is 163 Å². The Balaban J connectivity index is 1.88. The molecule has 0 radical (unpaired) electrons. The average molecular weight is 434 g/mol. The van der Waals surface area contributed by atoms with E-state index in [9.17, 15) is 22.0 Å². The van der Waals surface area contributed by atoms with Crippen LogP contribution in [0.1, 0.15) is 21.8 Å². The van der Waals surface area contributed by atoms with Crippen LogP contribution in [0.25, 0.3) is 0 Å². The number of benzene rings is 1. The lowest BCUT2D eigenvalue weighted by Crippen LogP contribution is -2.40. The van der Waals surface area contributed by atoms with Gasteiger partial charge in [0.15, 0.2) is 5.01 Å². The van der Waals surface area contributed by atoms with Crippen LogP contribution in [0.4, 0.5) is 13.9 Å². The lowest BCUT2D eigenvalue weighted by Gasteiger charge is -2.26. The molecule has 9 nitrogen and oxygen atoms in total. The summed E-state index contributed by atoms with van der Waals surface area (Å²) in [6, 6.07) is 3.86. The van der Waals surface area contributed by atoms with Gasteiger partial charge in [0, 0.05) is 13.1 Å². The van der Waals surface area contributed by atoms with Crippen molar-refractivity contribution in [2.75, 3.05) is 38.7 Å². The minimum Gasteiger partial charge on any atom is -0.496 e. The second-order valence-corrected chi connectivity index (χ2v) is 8.53. The number of rotatable bonds is 6. The van der Waals surface area contributed by atoms with Gasteiger partial charge in [-0.1, -0.05) is 11.3 Å². The number of methoxy groups -OCH3 is 1. The van der Waals surface area contributed by atoms with Crippen LogP contribution in [0.15, 0.2) is 23.1 Å². The highest BCUT2D eigenvalue weighted by Gasteiger charge is 2.28. The molecule has 0 saturated carbocycles. The van der Waals surface area contributed by atoms with E-state index in [0.717, 1.165) is 0 Å². The highest BCUT2D eigenvalue weighted by molar-refractivity contribution is 7.89. The molecule has 0 spiro atoms. The van der Waals surface area contributed by atoms with Gasteiger partial charge < -0.3 is 9.47 Å². The fourth-order valence-corrected chi connectivity index (χ4v) is 4.53. The van der Waals surface area contributed by atoms with Gasteiger partial charge in [-0.05, 0) is 18.2 Å². The van der Waals surface area contributed by atoms with Crippen molar-refractivity contribution in [3.63, 3.8) is 0 Å². The van der Waals surface area contributed by atoms with Gasteiger partial charge in [0.2, 0.25) is 15.2 Å². The zero-order chi connectivity index (χ0) is 20.3. The molecule has 1 aromatic heterocycles. The highest BCUT2D eigenvalue weighted by atomic mass is 32.2. The molecule has 0 atom stereocenters. The number of morpholine rings is 1. The molecule has 2 aromatic rings. The summed E-state index contributed by atoms with van der Waals surface area (Å²) in [4.78, 5) is 12.5. The Bertz CT molecular complexity index is 961. The van der Waals surface area contributed by atoms with E-state index in [1.165, 1.54) is 29.6 Å². The van der Waals surface area contributed by atoms with Gasteiger partial charge in [0.1, 0.15) is 5.75 Å². The Hall–Kier alpha value is -2.22. The van der Waals surface area contributed by atoms with Crippen molar-refractivity contribution < 1.29 is 31.5 Å². The van der Waals surface area contributed by atoms with E-state index >= 15 is 0 Å². The average Bonchev–Trinajstić information content (AvgIpc) is 3.17. The number of nitrogens with zero attached hydrogens (tertiary/aromatic N) is 3. The molecule has 3 rings (SSSR count). The van der Waals surface area contributed by atoms with Crippen molar-refractivity contribution in [1.29, 1.82) is 0 Å². The van der Waals surface area contributed by atoms with Crippen molar-refractivity contribution in [2.45, 2.75) is 11.3 Å². The van der Waals surface area contributed by atoms with Crippen molar-refractivity contribution >= 4 is 32.4 Å². The van der Waals surface area contributed by atoms with Crippen LogP contribution >= 0.6 is 11.3 Å². The van der Waals surface area contributed by atoms with E-state index in [1.54, 1.807) is 0 Å². The molecule has 1 aliphatic rings. The second-order valence-electron chi connectivity index (χ2n) is 5.58.